The minimum atomic E-state index is 0.202. The van der Waals surface area contributed by atoms with E-state index in [-0.39, 0.29) is 11.8 Å². The van der Waals surface area contributed by atoms with E-state index >= 15 is 0 Å². The SMILES string of the molecule is CC1CC1C(=O)N(Cc1ccccc1)Cc1ccco1. The van der Waals surface area contributed by atoms with Gasteiger partial charge in [-0.25, -0.2) is 0 Å². The lowest BCUT2D eigenvalue weighted by atomic mass is 10.2. The van der Waals surface area contributed by atoms with Crippen LogP contribution in [-0.2, 0) is 17.9 Å². The van der Waals surface area contributed by atoms with Gasteiger partial charge in [0.1, 0.15) is 5.76 Å². The molecule has 0 spiro atoms. The predicted octanol–water partition coefficient (Wildman–Crippen LogP) is 3.46. The maximum Gasteiger partial charge on any atom is 0.226 e. The number of hydrogen-bond donors (Lipinski definition) is 0. The van der Waals surface area contributed by atoms with Gasteiger partial charge in [-0.3, -0.25) is 4.79 Å². The van der Waals surface area contributed by atoms with Crippen molar-refractivity contribution in [2.45, 2.75) is 26.4 Å². The van der Waals surface area contributed by atoms with Gasteiger partial charge in [0.25, 0.3) is 0 Å². The first kappa shape index (κ1) is 13.0. The minimum Gasteiger partial charge on any atom is -0.467 e. The van der Waals surface area contributed by atoms with E-state index < -0.39 is 0 Å². The summed E-state index contributed by atoms with van der Waals surface area (Å²) in [6, 6.07) is 13.9. The summed E-state index contributed by atoms with van der Waals surface area (Å²) in [5.74, 6) is 1.81. The smallest absolute Gasteiger partial charge is 0.226 e. The van der Waals surface area contributed by atoms with Gasteiger partial charge in [-0.1, -0.05) is 37.3 Å². The maximum atomic E-state index is 12.5. The molecular weight excluding hydrogens is 250 g/mol. The zero-order valence-corrected chi connectivity index (χ0v) is 11.7. The van der Waals surface area contributed by atoms with E-state index in [0.29, 0.717) is 19.0 Å². The second-order valence-corrected chi connectivity index (χ2v) is 5.58. The number of benzene rings is 1. The second-order valence-electron chi connectivity index (χ2n) is 5.58. The van der Waals surface area contributed by atoms with Gasteiger partial charge in [-0.15, -0.1) is 0 Å². The number of rotatable bonds is 5. The fourth-order valence-electron chi connectivity index (χ4n) is 2.51. The number of furan rings is 1. The van der Waals surface area contributed by atoms with Gasteiger partial charge in [-0.2, -0.15) is 0 Å². The standard InChI is InChI=1S/C17H19NO2/c1-13-10-16(13)17(19)18(12-15-8-5-9-20-15)11-14-6-3-2-4-7-14/h2-9,13,16H,10-12H2,1H3. The molecule has 0 saturated heterocycles. The average Bonchev–Trinajstić information content (AvgIpc) is 2.98. The average molecular weight is 269 g/mol. The zero-order valence-electron chi connectivity index (χ0n) is 11.7. The van der Waals surface area contributed by atoms with Crippen LogP contribution < -0.4 is 0 Å². The number of amides is 1. The van der Waals surface area contributed by atoms with Crippen molar-refractivity contribution in [2.75, 3.05) is 0 Å². The lowest BCUT2D eigenvalue weighted by Gasteiger charge is -2.22. The van der Waals surface area contributed by atoms with Crippen LogP contribution in [-0.4, -0.2) is 10.8 Å². The van der Waals surface area contributed by atoms with Gasteiger partial charge >= 0.3 is 0 Å². The molecule has 1 aromatic carbocycles. The Labute approximate surface area is 119 Å². The molecule has 1 saturated carbocycles. The monoisotopic (exact) mass is 269 g/mol. The topological polar surface area (TPSA) is 33.5 Å². The van der Waals surface area contributed by atoms with Gasteiger partial charge < -0.3 is 9.32 Å². The first-order valence-electron chi connectivity index (χ1n) is 7.09. The van der Waals surface area contributed by atoms with E-state index in [9.17, 15) is 4.79 Å². The van der Waals surface area contributed by atoms with Crippen LogP contribution in [0, 0.1) is 11.8 Å². The molecular formula is C17H19NO2. The molecule has 1 aliphatic rings. The highest BCUT2D eigenvalue weighted by molar-refractivity contribution is 5.81. The van der Waals surface area contributed by atoms with E-state index in [1.165, 1.54) is 0 Å². The highest BCUT2D eigenvalue weighted by Gasteiger charge is 2.41. The molecule has 0 bridgehead atoms. The lowest BCUT2D eigenvalue weighted by molar-refractivity contribution is -0.134. The normalized spacial score (nSPS) is 20.6. The Kier molecular flexibility index (Phi) is 3.59. The van der Waals surface area contributed by atoms with Gasteiger partial charge in [0.2, 0.25) is 5.91 Å². The Morgan fingerprint density at radius 3 is 2.55 bits per heavy atom. The van der Waals surface area contributed by atoms with E-state index in [2.05, 4.69) is 19.1 Å². The molecule has 1 aliphatic carbocycles. The lowest BCUT2D eigenvalue weighted by Crippen LogP contribution is -2.31. The molecule has 1 fully saturated rings. The third-order valence-corrected chi connectivity index (χ3v) is 3.88. The van der Waals surface area contributed by atoms with Gasteiger partial charge in [0.15, 0.2) is 0 Å². The van der Waals surface area contributed by atoms with E-state index in [4.69, 9.17) is 4.42 Å². The molecule has 3 rings (SSSR count). The Morgan fingerprint density at radius 1 is 1.20 bits per heavy atom. The van der Waals surface area contributed by atoms with Crippen LogP contribution in [0.2, 0.25) is 0 Å². The number of carbonyl (C=O) groups is 1. The summed E-state index contributed by atoms with van der Waals surface area (Å²) < 4.78 is 5.38. The third-order valence-electron chi connectivity index (χ3n) is 3.88. The molecule has 0 aliphatic heterocycles. The molecule has 0 N–H and O–H groups in total. The van der Waals surface area contributed by atoms with E-state index in [1.54, 1.807) is 6.26 Å². The summed E-state index contributed by atoms with van der Waals surface area (Å²) in [5, 5.41) is 0. The molecule has 0 radical (unpaired) electrons. The molecule has 20 heavy (non-hydrogen) atoms. The Hall–Kier alpha value is -2.03. The molecule has 2 atom stereocenters. The van der Waals surface area contributed by atoms with E-state index in [1.807, 2.05) is 35.2 Å². The van der Waals surface area contributed by atoms with Crippen molar-refractivity contribution < 1.29 is 9.21 Å². The number of nitrogens with zero attached hydrogens (tertiary/aromatic N) is 1. The predicted molar refractivity (Wildman–Crippen MR) is 76.7 cm³/mol. The number of carbonyl (C=O) groups excluding carboxylic acids is 1. The van der Waals surface area contributed by atoms with Crippen LogP contribution in [0.15, 0.2) is 53.1 Å². The van der Waals surface area contributed by atoms with E-state index in [0.717, 1.165) is 17.7 Å². The summed E-state index contributed by atoms with van der Waals surface area (Å²) in [6.07, 6.45) is 2.67. The van der Waals surface area contributed by atoms with Crippen molar-refractivity contribution >= 4 is 5.91 Å². The van der Waals surface area contributed by atoms with Crippen molar-refractivity contribution in [1.82, 2.24) is 4.90 Å². The van der Waals surface area contributed by atoms with Crippen LogP contribution >= 0.6 is 0 Å². The van der Waals surface area contributed by atoms with Crippen LogP contribution in [0.4, 0.5) is 0 Å². The molecule has 2 aromatic rings. The molecule has 3 nitrogen and oxygen atoms in total. The van der Waals surface area contributed by atoms with Crippen LogP contribution in [0.5, 0.6) is 0 Å². The Morgan fingerprint density at radius 2 is 1.95 bits per heavy atom. The molecule has 1 amide bonds. The highest BCUT2D eigenvalue weighted by atomic mass is 16.3. The Balaban J connectivity index is 1.74. The number of hydrogen-bond acceptors (Lipinski definition) is 2. The quantitative estimate of drug-likeness (QED) is 0.832. The third kappa shape index (κ3) is 2.93. The van der Waals surface area contributed by atoms with Gasteiger partial charge in [0, 0.05) is 12.5 Å². The van der Waals surface area contributed by atoms with Crippen molar-refractivity contribution in [2.24, 2.45) is 11.8 Å². The van der Waals surface area contributed by atoms with Crippen LogP contribution in [0.25, 0.3) is 0 Å². The Bertz CT molecular complexity index is 562. The summed E-state index contributed by atoms with van der Waals surface area (Å²) in [5.41, 5.74) is 1.15. The maximum absolute atomic E-state index is 12.5. The summed E-state index contributed by atoms with van der Waals surface area (Å²) in [4.78, 5) is 14.4. The summed E-state index contributed by atoms with van der Waals surface area (Å²) >= 11 is 0. The fraction of sp³-hybridized carbons (Fsp3) is 0.353. The molecule has 1 aromatic heterocycles. The van der Waals surface area contributed by atoms with Crippen molar-refractivity contribution in [3.63, 3.8) is 0 Å². The molecule has 2 unspecified atom stereocenters. The van der Waals surface area contributed by atoms with Crippen molar-refractivity contribution in [3.8, 4) is 0 Å². The molecule has 104 valence electrons. The largest absolute Gasteiger partial charge is 0.467 e. The zero-order chi connectivity index (χ0) is 13.9. The van der Waals surface area contributed by atoms with Crippen molar-refractivity contribution in [1.29, 1.82) is 0 Å². The first-order valence-corrected chi connectivity index (χ1v) is 7.09. The minimum absolute atomic E-state index is 0.202. The fourth-order valence-corrected chi connectivity index (χ4v) is 2.51. The highest BCUT2D eigenvalue weighted by Crippen LogP contribution is 2.39. The van der Waals surface area contributed by atoms with Crippen molar-refractivity contribution in [3.05, 3.63) is 60.1 Å². The molecule has 1 heterocycles. The first-order chi connectivity index (χ1) is 9.74. The summed E-state index contributed by atoms with van der Waals surface area (Å²) in [6.45, 7) is 3.32. The second kappa shape index (κ2) is 5.53. The van der Waals surface area contributed by atoms with Crippen LogP contribution in [0.1, 0.15) is 24.7 Å². The molecule has 3 heteroatoms. The summed E-state index contributed by atoms with van der Waals surface area (Å²) in [7, 11) is 0. The van der Waals surface area contributed by atoms with Gasteiger partial charge in [0.05, 0.1) is 12.8 Å². The van der Waals surface area contributed by atoms with Gasteiger partial charge in [-0.05, 0) is 30.0 Å². The van der Waals surface area contributed by atoms with Crippen LogP contribution in [0.3, 0.4) is 0 Å².